The molecule has 1 aliphatic rings. The lowest BCUT2D eigenvalue weighted by atomic mass is 10.0. The zero-order chi connectivity index (χ0) is 12.3. The lowest BCUT2D eigenvalue weighted by Crippen LogP contribution is -2.42. The normalized spacial score (nSPS) is 19.0. The van der Waals surface area contributed by atoms with Crippen molar-refractivity contribution in [2.75, 3.05) is 13.7 Å². The third-order valence-electron chi connectivity index (χ3n) is 3.28. The van der Waals surface area contributed by atoms with E-state index in [9.17, 15) is 0 Å². The van der Waals surface area contributed by atoms with Crippen LogP contribution in [-0.2, 0) is 11.2 Å². The molecule has 94 valence electrons. The number of hydrogen-bond donors (Lipinski definition) is 1. The molecular formula is C14H20ClNO. The van der Waals surface area contributed by atoms with Crippen molar-refractivity contribution in [2.45, 2.75) is 37.8 Å². The maximum Gasteiger partial charge on any atom is 0.0613 e. The van der Waals surface area contributed by atoms with Gasteiger partial charge in [-0.15, -0.1) is 0 Å². The van der Waals surface area contributed by atoms with Gasteiger partial charge in [0, 0.05) is 23.7 Å². The van der Waals surface area contributed by atoms with Crippen LogP contribution in [0.1, 0.15) is 25.3 Å². The van der Waals surface area contributed by atoms with Crippen LogP contribution < -0.4 is 5.32 Å². The molecule has 0 saturated heterocycles. The van der Waals surface area contributed by atoms with E-state index in [-0.39, 0.29) is 0 Å². The van der Waals surface area contributed by atoms with Gasteiger partial charge in [-0.25, -0.2) is 0 Å². The monoisotopic (exact) mass is 253 g/mol. The van der Waals surface area contributed by atoms with Gasteiger partial charge in [-0.1, -0.05) is 23.7 Å². The van der Waals surface area contributed by atoms with E-state index in [1.165, 1.54) is 18.4 Å². The van der Waals surface area contributed by atoms with E-state index in [1.54, 1.807) is 7.11 Å². The van der Waals surface area contributed by atoms with Crippen molar-refractivity contribution in [1.82, 2.24) is 5.32 Å². The minimum atomic E-state index is 0.297. The van der Waals surface area contributed by atoms with Crippen molar-refractivity contribution in [1.29, 1.82) is 0 Å². The fourth-order valence-corrected chi connectivity index (χ4v) is 2.46. The van der Waals surface area contributed by atoms with Crippen LogP contribution in [0.15, 0.2) is 24.3 Å². The number of halogens is 1. The minimum Gasteiger partial charge on any atom is -0.383 e. The van der Waals surface area contributed by atoms with Gasteiger partial charge in [0.15, 0.2) is 0 Å². The van der Waals surface area contributed by atoms with Crippen LogP contribution >= 0.6 is 11.6 Å². The second-order valence-electron chi connectivity index (χ2n) is 5.08. The maximum absolute atomic E-state index is 5.89. The molecule has 0 heterocycles. The summed E-state index contributed by atoms with van der Waals surface area (Å²) in [6.45, 7) is 2.94. The van der Waals surface area contributed by atoms with Gasteiger partial charge in [0.2, 0.25) is 0 Å². The Hall–Kier alpha value is -0.570. The van der Waals surface area contributed by atoms with Gasteiger partial charge in [-0.2, -0.15) is 0 Å². The molecule has 1 aliphatic carbocycles. The molecule has 0 radical (unpaired) electrons. The Morgan fingerprint density at radius 1 is 1.35 bits per heavy atom. The average molecular weight is 254 g/mol. The fourth-order valence-electron chi connectivity index (χ4n) is 2.33. The van der Waals surface area contributed by atoms with Crippen LogP contribution in [0, 0.1) is 0 Å². The lowest BCUT2D eigenvalue weighted by molar-refractivity contribution is 0.164. The number of benzene rings is 1. The molecule has 1 aromatic carbocycles. The molecule has 1 atom stereocenters. The first-order chi connectivity index (χ1) is 8.13. The van der Waals surface area contributed by atoms with Gasteiger partial charge in [0.25, 0.3) is 0 Å². The average Bonchev–Trinajstić information content (AvgIpc) is 3.02. The third kappa shape index (κ3) is 3.70. The molecule has 2 rings (SSSR count). The van der Waals surface area contributed by atoms with Gasteiger partial charge >= 0.3 is 0 Å². The van der Waals surface area contributed by atoms with Crippen LogP contribution in [-0.4, -0.2) is 25.3 Å². The number of methoxy groups -OCH3 is 1. The molecule has 1 unspecified atom stereocenters. The Balaban J connectivity index is 1.91. The first kappa shape index (κ1) is 12.9. The van der Waals surface area contributed by atoms with Gasteiger partial charge in [-0.05, 0) is 43.9 Å². The third-order valence-corrected chi connectivity index (χ3v) is 3.53. The summed E-state index contributed by atoms with van der Waals surface area (Å²) in [6.07, 6.45) is 3.59. The Morgan fingerprint density at radius 2 is 2.00 bits per heavy atom. The van der Waals surface area contributed by atoms with Crippen molar-refractivity contribution in [3.05, 3.63) is 34.9 Å². The van der Waals surface area contributed by atoms with E-state index in [4.69, 9.17) is 16.3 Å². The van der Waals surface area contributed by atoms with Crippen LogP contribution in [0.3, 0.4) is 0 Å². The summed E-state index contributed by atoms with van der Waals surface area (Å²) >= 11 is 5.89. The van der Waals surface area contributed by atoms with E-state index in [0.717, 1.165) is 18.1 Å². The van der Waals surface area contributed by atoms with Crippen molar-refractivity contribution in [2.24, 2.45) is 0 Å². The van der Waals surface area contributed by atoms with E-state index in [0.29, 0.717) is 11.6 Å². The SMILES string of the molecule is COCC(C)NC1(Cc2ccc(Cl)cc2)CC1. The van der Waals surface area contributed by atoms with Gasteiger partial charge in [0.05, 0.1) is 6.61 Å². The number of hydrogen-bond acceptors (Lipinski definition) is 2. The molecule has 17 heavy (non-hydrogen) atoms. The first-order valence-corrected chi connectivity index (χ1v) is 6.52. The molecule has 1 N–H and O–H groups in total. The number of ether oxygens (including phenoxy) is 1. The zero-order valence-electron chi connectivity index (χ0n) is 10.5. The maximum atomic E-state index is 5.89. The van der Waals surface area contributed by atoms with E-state index in [2.05, 4.69) is 24.4 Å². The highest BCUT2D eigenvalue weighted by atomic mass is 35.5. The minimum absolute atomic E-state index is 0.297. The Bertz CT molecular complexity index is 359. The summed E-state index contributed by atoms with van der Waals surface area (Å²) in [7, 11) is 1.75. The Kier molecular flexibility index (Phi) is 4.08. The van der Waals surface area contributed by atoms with Crippen molar-refractivity contribution < 1.29 is 4.74 Å². The molecule has 2 nitrogen and oxygen atoms in total. The molecule has 0 amide bonds. The van der Waals surface area contributed by atoms with Crippen LogP contribution in [0.25, 0.3) is 0 Å². The number of nitrogens with one attached hydrogen (secondary N) is 1. The summed E-state index contributed by atoms with van der Waals surface area (Å²) in [5.41, 5.74) is 1.65. The van der Waals surface area contributed by atoms with E-state index in [1.807, 2.05) is 12.1 Å². The quantitative estimate of drug-likeness (QED) is 0.842. The summed E-state index contributed by atoms with van der Waals surface area (Å²) < 4.78 is 5.16. The predicted octanol–water partition coefficient (Wildman–Crippen LogP) is 3.04. The molecule has 1 saturated carbocycles. The molecule has 1 aromatic rings. The summed E-state index contributed by atoms with van der Waals surface area (Å²) in [6, 6.07) is 8.57. The molecule has 0 aromatic heterocycles. The highest BCUT2D eigenvalue weighted by Crippen LogP contribution is 2.39. The smallest absolute Gasteiger partial charge is 0.0613 e. The second-order valence-corrected chi connectivity index (χ2v) is 5.52. The molecule has 0 bridgehead atoms. The fraction of sp³-hybridized carbons (Fsp3) is 0.571. The van der Waals surface area contributed by atoms with Crippen molar-refractivity contribution in [3.63, 3.8) is 0 Å². The van der Waals surface area contributed by atoms with Gasteiger partial charge in [-0.3, -0.25) is 0 Å². The molecule has 0 aliphatic heterocycles. The molecule has 1 fully saturated rings. The van der Waals surface area contributed by atoms with Crippen LogP contribution in [0.4, 0.5) is 0 Å². The summed E-state index contributed by atoms with van der Waals surface area (Å²) in [4.78, 5) is 0. The largest absolute Gasteiger partial charge is 0.383 e. The van der Waals surface area contributed by atoms with Gasteiger partial charge < -0.3 is 10.1 Å². The van der Waals surface area contributed by atoms with Crippen LogP contribution in [0.5, 0.6) is 0 Å². The molecule has 0 spiro atoms. The molecular weight excluding hydrogens is 234 g/mol. The van der Waals surface area contributed by atoms with Crippen molar-refractivity contribution >= 4 is 11.6 Å². The summed E-state index contributed by atoms with van der Waals surface area (Å²) in [5, 5.41) is 4.48. The van der Waals surface area contributed by atoms with Crippen molar-refractivity contribution in [3.8, 4) is 0 Å². The highest BCUT2D eigenvalue weighted by Gasteiger charge is 2.42. The highest BCUT2D eigenvalue weighted by molar-refractivity contribution is 6.30. The topological polar surface area (TPSA) is 21.3 Å². The zero-order valence-corrected chi connectivity index (χ0v) is 11.3. The second kappa shape index (κ2) is 5.38. The number of rotatable bonds is 6. The Morgan fingerprint density at radius 3 is 2.53 bits per heavy atom. The lowest BCUT2D eigenvalue weighted by Gasteiger charge is -2.22. The van der Waals surface area contributed by atoms with Crippen LogP contribution in [0.2, 0.25) is 5.02 Å². The van der Waals surface area contributed by atoms with E-state index >= 15 is 0 Å². The van der Waals surface area contributed by atoms with Gasteiger partial charge in [0.1, 0.15) is 0 Å². The predicted molar refractivity (Wildman–Crippen MR) is 71.6 cm³/mol. The summed E-state index contributed by atoms with van der Waals surface area (Å²) in [5.74, 6) is 0. The Labute approximate surface area is 108 Å². The first-order valence-electron chi connectivity index (χ1n) is 6.15. The standard InChI is InChI=1S/C14H20ClNO/c1-11(10-17-2)16-14(7-8-14)9-12-3-5-13(15)6-4-12/h3-6,11,16H,7-10H2,1-2H3. The van der Waals surface area contributed by atoms with E-state index < -0.39 is 0 Å². The molecule has 3 heteroatoms.